The van der Waals surface area contributed by atoms with Gasteiger partial charge in [0.25, 0.3) is 0 Å². The third kappa shape index (κ3) is 3.37. The Balaban J connectivity index is 1.74. The van der Waals surface area contributed by atoms with Gasteiger partial charge in [-0.1, -0.05) is 15.9 Å². The third-order valence-electron chi connectivity index (χ3n) is 4.35. The van der Waals surface area contributed by atoms with Gasteiger partial charge in [0, 0.05) is 22.8 Å². The molecule has 21 heavy (non-hydrogen) atoms. The Morgan fingerprint density at radius 1 is 1.24 bits per heavy atom. The van der Waals surface area contributed by atoms with Crippen LogP contribution in [-0.4, -0.2) is 18.2 Å². The Kier molecular flexibility index (Phi) is 3.94. The molecule has 1 unspecified atom stereocenters. The summed E-state index contributed by atoms with van der Waals surface area (Å²) in [5.74, 6) is 0. The summed E-state index contributed by atoms with van der Waals surface area (Å²) in [5.41, 5.74) is -0.141. The van der Waals surface area contributed by atoms with Gasteiger partial charge in [0.1, 0.15) is 0 Å². The van der Waals surface area contributed by atoms with Crippen LogP contribution in [0.4, 0.5) is 18.9 Å². The van der Waals surface area contributed by atoms with E-state index in [1.807, 2.05) is 0 Å². The molecule has 1 N–H and O–H groups in total. The van der Waals surface area contributed by atoms with Crippen molar-refractivity contribution in [1.82, 2.24) is 0 Å². The number of rotatable bonds is 2. The van der Waals surface area contributed by atoms with Crippen LogP contribution in [0.2, 0.25) is 0 Å². The van der Waals surface area contributed by atoms with Crippen molar-refractivity contribution in [3.63, 3.8) is 0 Å². The summed E-state index contributed by atoms with van der Waals surface area (Å²) in [5, 5.41) is 3.25. The average molecular weight is 364 g/mol. The third-order valence-corrected chi connectivity index (χ3v) is 4.81. The molecule has 2 nitrogen and oxygen atoms in total. The SMILES string of the molecule is FC(F)(F)c1cc(Br)cc(NC2CCOC3(CCC3)C2)c1. The van der Waals surface area contributed by atoms with Crippen molar-refractivity contribution in [2.45, 2.75) is 49.9 Å². The molecule has 1 saturated heterocycles. The summed E-state index contributed by atoms with van der Waals surface area (Å²) >= 11 is 3.15. The Bertz CT molecular complexity index is 528. The van der Waals surface area contributed by atoms with Gasteiger partial charge in [-0.2, -0.15) is 13.2 Å². The summed E-state index contributed by atoms with van der Waals surface area (Å²) in [7, 11) is 0. The molecule has 116 valence electrons. The summed E-state index contributed by atoms with van der Waals surface area (Å²) < 4.78 is 44.8. The standard InChI is InChI=1S/C15H17BrF3NO/c16-11-6-10(15(17,18)19)7-13(8-11)20-12-2-5-21-14(9-12)3-1-4-14/h6-8,12,20H,1-5,9H2. The molecule has 1 saturated carbocycles. The lowest BCUT2D eigenvalue weighted by Crippen LogP contribution is -2.49. The highest BCUT2D eigenvalue weighted by Gasteiger charge is 2.42. The van der Waals surface area contributed by atoms with Crippen molar-refractivity contribution in [1.29, 1.82) is 0 Å². The highest BCUT2D eigenvalue weighted by Crippen LogP contribution is 2.43. The lowest BCUT2D eigenvalue weighted by molar-refractivity contribution is -0.137. The normalized spacial score (nSPS) is 24.7. The van der Waals surface area contributed by atoms with Crippen LogP contribution in [0, 0.1) is 0 Å². The Morgan fingerprint density at radius 2 is 2.00 bits per heavy atom. The maximum atomic E-state index is 12.8. The fourth-order valence-electron chi connectivity index (χ4n) is 3.14. The van der Waals surface area contributed by atoms with Gasteiger partial charge in [-0.25, -0.2) is 0 Å². The van der Waals surface area contributed by atoms with Crippen molar-refractivity contribution >= 4 is 21.6 Å². The summed E-state index contributed by atoms with van der Waals surface area (Å²) in [6, 6.07) is 4.14. The van der Waals surface area contributed by atoms with Crippen LogP contribution in [0.1, 0.15) is 37.7 Å². The highest BCUT2D eigenvalue weighted by atomic mass is 79.9. The minimum absolute atomic E-state index is 0.0191. The molecule has 1 aromatic carbocycles. The van der Waals surface area contributed by atoms with Gasteiger partial charge >= 0.3 is 6.18 Å². The molecular weight excluding hydrogens is 347 g/mol. The van der Waals surface area contributed by atoms with E-state index in [2.05, 4.69) is 21.2 Å². The first kappa shape index (κ1) is 15.2. The van der Waals surface area contributed by atoms with E-state index in [9.17, 15) is 13.2 Å². The number of benzene rings is 1. The van der Waals surface area contributed by atoms with E-state index in [-0.39, 0.29) is 11.6 Å². The van der Waals surface area contributed by atoms with Gasteiger partial charge in [0.15, 0.2) is 0 Å². The van der Waals surface area contributed by atoms with Crippen LogP contribution in [0.3, 0.4) is 0 Å². The van der Waals surface area contributed by atoms with Crippen molar-refractivity contribution in [2.24, 2.45) is 0 Å². The van der Waals surface area contributed by atoms with Crippen LogP contribution >= 0.6 is 15.9 Å². The first-order chi connectivity index (χ1) is 9.86. The zero-order valence-corrected chi connectivity index (χ0v) is 13.1. The fraction of sp³-hybridized carbons (Fsp3) is 0.600. The van der Waals surface area contributed by atoms with Gasteiger partial charge < -0.3 is 10.1 Å². The molecule has 0 radical (unpaired) electrons. The van der Waals surface area contributed by atoms with Crippen LogP contribution in [0.5, 0.6) is 0 Å². The molecular formula is C15H17BrF3NO. The van der Waals surface area contributed by atoms with Crippen molar-refractivity contribution in [3.05, 3.63) is 28.2 Å². The van der Waals surface area contributed by atoms with Gasteiger partial charge in [-0.15, -0.1) is 0 Å². The molecule has 0 amide bonds. The molecule has 1 atom stereocenters. The number of hydrogen-bond acceptors (Lipinski definition) is 2. The molecule has 6 heteroatoms. The number of alkyl halides is 3. The quantitative estimate of drug-likeness (QED) is 0.799. The predicted octanol–water partition coefficient (Wildman–Crippen LogP) is 4.98. The lowest BCUT2D eigenvalue weighted by atomic mass is 9.74. The Morgan fingerprint density at radius 3 is 2.62 bits per heavy atom. The summed E-state index contributed by atoms with van der Waals surface area (Å²) in [4.78, 5) is 0. The zero-order chi connectivity index (χ0) is 15.1. The monoisotopic (exact) mass is 363 g/mol. The van der Waals surface area contributed by atoms with Crippen LogP contribution in [-0.2, 0) is 10.9 Å². The largest absolute Gasteiger partial charge is 0.416 e. The van der Waals surface area contributed by atoms with Crippen molar-refractivity contribution < 1.29 is 17.9 Å². The maximum absolute atomic E-state index is 12.8. The van der Waals surface area contributed by atoms with E-state index in [1.165, 1.54) is 12.5 Å². The maximum Gasteiger partial charge on any atom is 0.416 e. The van der Waals surface area contributed by atoms with Crippen molar-refractivity contribution in [3.8, 4) is 0 Å². The molecule has 2 aliphatic rings. The Labute approximate surface area is 130 Å². The first-order valence-corrected chi connectivity index (χ1v) is 7.94. The molecule has 1 aromatic rings. The number of nitrogens with one attached hydrogen (secondary N) is 1. The van der Waals surface area contributed by atoms with E-state index < -0.39 is 11.7 Å². The molecule has 1 aliphatic carbocycles. The van der Waals surface area contributed by atoms with Crippen molar-refractivity contribution in [2.75, 3.05) is 11.9 Å². The van der Waals surface area contributed by atoms with E-state index in [0.717, 1.165) is 31.7 Å². The van der Waals surface area contributed by atoms with Crippen LogP contribution in [0.25, 0.3) is 0 Å². The minimum atomic E-state index is -4.33. The Hall–Kier alpha value is -0.750. The van der Waals surface area contributed by atoms with E-state index in [0.29, 0.717) is 16.8 Å². The fourth-order valence-corrected chi connectivity index (χ4v) is 3.64. The van der Waals surface area contributed by atoms with E-state index in [4.69, 9.17) is 4.74 Å². The van der Waals surface area contributed by atoms with E-state index in [1.54, 1.807) is 6.07 Å². The van der Waals surface area contributed by atoms with Crippen LogP contribution < -0.4 is 5.32 Å². The minimum Gasteiger partial charge on any atom is -0.382 e. The molecule has 0 aromatic heterocycles. The van der Waals surface area contributed by atoms with Gasteiger partial charge in [0.2, 0.25) is 0 Å². The topological polar surface area (TPSA) is 21.3 Å². The number of hydrogen-bond donors (Lipinski definition) is 1. The number of halogens is 4. The second-order valence-corrected chi connectivity index (χ2v) is 6.86. The average Bonchev–Trinajstić information content (AvgIpc) is 2.35. The number of ether oxygens (including phenoxy) is 1. The smallest absolute Gasteiger partial charge is 0.382 e. The lowest BCUT2D eigenvalue weighted by Gasteiger charge is -2.47. The molecule has 3 rings (SSSR count). The molecule has 0 bridgehead atoms. The zero-order valence-electron chi connectivity index (χ0n) is 11.5. The molecule has 1 aliphatic heterocycles. The molecule has 2 fully saturated rings. The molecule has 1 heterocycles. The van der Waals surface area contributed by atoms with Gasteiger partial charge in [0.05, 0.1) is 11.2 Å². The summed E-state index contributed by atoms with van der Waals surface area (Å²) in [6.45, 7) is 0.678. The predicted molar refractivity (Wildman–Crippen MR) is 78.3 cm³/mol. The number of anilines is 1. The first-order valence-electron chi connectivity index (χ1n) is 7.15. The second kappa shape index (κ2) is 5.47. The van der Waals surface area contributed by atoms with Gasteiger partial charge in [-0.3, -0.25) is 0 Å². The second-order valence-electron chi connectivity index (χ2n) is 5.95. The van der Waals surface area contributed by atoms with E-state index >= 15 is 0 Å². The highest BCUT2D eigenvalue weighted by molar-refractivity contribution is 9.10. The summed E-state index contributed by atoms with van der Waals surface area (Å²) in [6.07, 6.45) is 0.693. The van der Waals surface area contributed by atoms with Crippen LogP contribution in [0.15, 0.2) is 22.7 Å². The molecule has 1 spiro atoms. The van der Waals surface area contributed by atoms with Gasteiger partial charge in [-0.05, 0) is 50.3 Å².